The maximum Gasteiger partial charge on any atom is 0.0299 e. The second-order valence-electron chi connectivity index (χ2n) is 4.23. The van der Waals surface area contributed by atoms with E-state index in [1.807, 2.05) is 6.08 Å². The highest BCUT2D eigenvalue weighted by Gasteiger charge is 2.10. The van der Waals surface area contributed by atoms with Crippen molar-refractivity contribution >= 4 is 0 Å². The molecule has 1 nitrogen and oxygen atoms in total. The number of benzene rings is 1. The Hall–Kier alpha value is -1.08. The van der Waals surface area contributed by atoms with Crippen LogP contribution in [0.3, 0.4) is 0 Å². The zero-order valence-electron chi connectivity index (χ0n) is 10.2. The van der Waals surface area contributed by atoms with E-state index in [0.717, 1.165) is 6.54 Å². The molecule has 0 amide bonds. The molecule has 0 aliphatic carbocycles. The molecule has 15 heavy (non-hydrogen) atoms. The van der Waals surface area contributed by atoms with Gasteiger partial charge in [0.15, 0.2) is 0 Å². The highest BCUT2D eigenvalue weighted by molar-refractivity contribution is 5.39. The Balaban J connectivity index is 2.97. The lowest BCUT2D eigenvalue weighted by Crippen LogP contribution is -2.20. The summed E-state index contributed by atoms with van der Waals surface area (Å²) in [6.45, 7) is 13.3. The molecule has 0 heterocycles. The Morgan fingerprint density at radius 1 is 1.27 bits per heavy atom. The van der Waals surface area contributed by atoms with Crippen LogP contribution in [-0.2, 0) is 0 Å². The largest absolute Gasteiger partial charge is 0.307 e. The molecule has 0 aliphatic rings. The fraction of sp³-hybridized carbons (Fsp3) is 0.429. The van der Waals surface area contributed by atoms with Crippen molar-refractivity contribution in [2.45, 2.75) is 33.7 Å². The monoisotopic (exact) mass is 203 g/mol. The molecule has 0 aromatic heterocycles. The lowest BCUT2D eigenvalue weighted by Gasteiger charge is -2.19. The van der Waals surface area contributed by atoms with Gasteiger partial charge < -0.3 is 5.32 Å². The van der Waals surface area contributed by atoms with Gasteiger partial charge in [-0.15, -0.1) is 6.58 Å². The van der Waals surface area contributed by atoms with Gasteiger partial charge in [-0.1, -0.05) is 23.8 Å². The summed E-state index contributed by atoms with van der Waals surface area (Å²) < 4.78 is 0. The van der Waals surface area contributed by atoms with E-state index in [-0.39, 0.29) is 0 Å². The summed E-state index contributed by atoms with van der Waals surface area (Å²) >= 11 is 0. The molecule has 1 unspecified atom stereocenters. The van der Waals surface area contributed by atoms with E-state index in [2.05, 4.69) is 51.7 Å². The van der Waals surface area contributed by atoms with Gasteiger partial charge in [0, 0.05) is 12.6 Å². The summed E-state index contributed by atoms with van der Waals surface area (Å²) in [6.07, 6.45) is 1.90. The van der Waals surface area contributed by atoms with Crippen molar-refractivity contribution in [2.75, 3.05) is 6.54 Å². The Morgan fingerprint density at radius 2 is 1.80 bits per heavy atom. The van der Waals surface area contributed by atoms with E-state index in [1.54, 1.807) is 0 Å². The molecule has 1 atom stereocenters. The first-order valence-corrected chi connectivity index (χ1v) is 5.48. The highest BCUT2D eigenvalue weighted by Crippen LogP contribution is 2.22. The van der Waals surface area contributed by atoms with Crippen LogP contribution in [0.4, 0.5) is 0 Å². The van der Waals surface area contributed by atoms with Gasteiger partial charge in [0.05, 0.1) is 0 Å². The molecule has 1 heteroatoms. The minimum Gasteiger partial charge on any atom is -0.307 e. The topological polar surface area (TPSA) is 12.0 Å². The van der Waals surface area contributed by atoms with Gasteiger partial charge in [0.25, 0.3) is 0 Å². The normalized spacial score (nSPS) is 12.5. The Bertz CT molecular complexity index is 329. The average molecular weight is 203 g/mol. The second-order valence-corrected chi connectivity index (χ2v) is 4.23. The van der Waals surface area contributed by atoms with Crippen LogP contribution in [0.25, 0.3) is 0 Å². The maximum atomic E-state index is 3.72. The van der Waals surface area contributed by atoms with Gasteiger partial charge in [-0.05, 0) is 44.4 Å². The molecule has 0 fully saturated rings. The Morgan fingerprint density at radius 3 is 2.27 bits per heavy atom. The number of hydrogen-bond donors (Lipinski definition) is 1. The molecule has 82 valence electrons. The Labute approximate surface area is 93.2 Å². The van der Waals surface area contributed by atoms with Crippen molar-refractivity contribution in [3.05, 3.63) is 47.0 Å². The first-order chi connectivity index (χ1) is 7.06. The van der Waals surface area contributed by atoms with Gasteiger partial charge in [-0.3, -0.25) is 0 Å². The van der Waals surface area contributed by atoms with E-state index >= 15 is 0 Å². The quantitative estimate of drug-likeness (QED) is 0.739. The fourth-order valence-corrected chi connectivity index (χ4v) is 2.24. The van der Waals surface area contributed by atoms with E-state index in [1.165, 1.54) is 22.3 Å². The molecular formula is C14H21N. The van der Waals surface area contributed by atoms with E-state index in [9.17, 15) is 0 Å². The fourth-order valence-electron chi connectivity index (χ4n) is 2.24. The van der Waals surface area contributed by atoms with Crippen LogP contribution in [0.15, 0.2) is 24.8 Å². The second kappa shape index (κ2) is 5.13. The summed E-state index contributed by atoms with van der Waals surface area (Å²) in [5, 5.41) is 3.43. The molecule has 0 aliphatic heterocycles. The van der Waals surface area contributed by atoms with Gasteiger partial charge in [-0.25, -0.2) is 0 Å². The van der Waals surface area contributed by atoms with E-state index in [4.69, 9.17) is 0 Å². The maximum absolute atomic E-state index is 3.72. The SMILES string of the molecule is C=CCNC(C)c1c(C)cc(C)cc1C. The zero-order valence-corrected chi connectivity index (χ0v) is 10.2. The average Bonchev–Trinajstić information content (AvgIpc) is 2.12. The van der Waals surface area contributed by atoms with Crippen molar-refractivity contribution < 1.29 is 0 Å². The smallest absolute Gasteiger partial charge is 0.0299 e. The standard InChI is InChI=1S/C14H21N/c1-6-7-15-13(5)14-11(3)8-10(2)9-12(14)4/h6,8-9,13,15H,1,7H2,2-5H3. The minimum atomic E-state index is 0.392. The predicted molar refractivity (Wildman–Crippen MR) is 67.3 cm³/mol. The molecule has 0 saturated heterocycles. The minimum absolute atomic E-state index is 0.392. The van der Waals surface area contributed by atoms with Crippen molar-refractivity contribution in [2.24, 2.45) is 0 Å². The summed E-state index contributed by atoms with van der Waals surface area (Å²) in [5.41, 5.74) is 5.50. The van der Waals surface area contributed by atoms with Crippen LogP contribution in [-0.4, -0.2) is 6.54 Å². The van der Waals surface area contributed by atoms with Crippen molar-refractivity contribution in [3.63, 3.8) is 0 Å². The van der Waals surface area contributed by atoms with Crippen LogP contribution in [0.1, 0.15) is 35.2 Å². The first kappa shape index (κ1) is 12.0. The molecule has 1 N–H and O–H groups in total. The van der Waals surface area contributed by atoms with Crippen LogP contribution >= 0.6 is 0 Å². The van der Waals surface area contributed by atoms with Crippen molar-refractivity contribution in [1.82, 2.24) is 5.32 Å². The van der Waals surface area contributed by atoms with E-state index in [0.29, 0.717) is 6.04 Å². The predicted octanol–water partition coefficient (Wildman–Crippen LogP) is 3.45. The summed E-state index contributed by atoms with van der Waals surface area (Å²) in [7, 11) is 0. The molecule has 1 aromatic carbocycles. The first-order valence-electron chi connectivity index (χ1n) is 5.48. The molecule has 0 bridgehead atoms. The number of rotatable bonds is 4. The number of nitrogens with one attached hydrogen (secondary N) is 1. The van der Waals surface area contributed by atoms with Gasteiger partial charge in [0.1, 0.15) is 0 Å². The molecule has 0 saturated carbocycles. The number of hydrogen-bond acceptors (Lipinski definition) is 1. The molecular weight excluding hydrogens is 182 g/mol. The van der Waals surface area contributed by atoms with Gasteiger partial charge in [-0.2, -0.15) is 0 Å². The van der Waals surface area contributed by atoms with Crippen LogP contribution in [0.2, 0.25) is 0 Å². The molecule has 0 spiro atoms. The third-order valence-corrected chi connectivity index (χ3v) is 2.74. The van der Waals surface area contributed by atoms with Crippen LogP contribution < -0.4 is 5.32 Å². The molecule has 1 rings (SSSR count). The van der Waals surface area contributed by atoms with Crippen LogP contribution in [0.5, 0.6) is 0 Å². The van der Waals surface area contributed by atoms with E-state index < -0.39 is 0 Å². The third-order valence-electron chi connectivity index (χ3n) is 2.74. The van der Waals surface area contributed by atoms with Crippen molar-refractivity contribution in [1.29, 1.82) is 0 Å². The molecule has 1 aromatic rings. The van der Waals surface area contributed by atoms with Crippen molar-refractivity contribution in [3.8, 4) is 0 Å². The van der Waals surface area contributed by atoms with Gasteiger partial charge in [0.2, 0.25) is 0 Å². The summed E-state index contributed by atoms with van der Waals surface area (Å²) in [4.78, 5) is 0. The van der Waals surface area contributed by atoms with Crippen LogP contribution in [0, 0.1) is 20.8 Å². The molecule has 0 radical (unpaired) electrons. The summed E-state index contributed by atoms with van der Waals surface area (Å²) in [5.74, 6) is 0. The Kier molecular flexibility index (Phi) is 4.10. The third kappa shape index (κ3) is 2.93. The lowest BCUT2D eigenvalue weighted by molar-refractivity contribution is 0.611. The lowest BCUT2D eigenvalue weighted by atomic mass is 9.95. The van der Waals surface area contributed by atoms with Gasteiger partial charge >= 0.3 is 0 Å². The number of aryl methyl sites for hydroxylation is 3. The summed E-state index contributed by atoms with van der Waals surface area (Å²) in [6, 6.07) is 4.88. The zero-order chi connectivity index (χ0) is 11.4. The highest BCUT2D eigenvalue weighted by atomic mass is 14.9.